The third-order valence-electron chi connectivity index (χ3n) is 2.62. The second-order valence-corrected chi connectivity index (χ2v) is 5.18. The van der Waals surface area contributed by atoms with Gasteiger partial charge in [0.2, 0.25) is 5.91 Å². The molecule has 1 amide bonds. The summed E-state index contributed by atoms with van der Waals surface area (Å²) < 4.78 is 0. The van der Waals surface area contributed by atoms with E-state index >= 15 is 0 Å². The highest BCUT2D eigenvalue weighted by Crippen LogP contribution is 2.12. The lowest BCUT2D eigenvalue weighted by molar-refractivity contribution is -0.128. The van der Waals surface area contributed by atoms with Crippen LogP contribution < -0.4 is 5.32 Å². The van der Waals surface area contributed by atoms with E-state index in [2.05, 4.69) is 24.4 Å². The second-order valence-electron chi connectivity index (χ2n) is 5.18. The summed E-state index contributed by atoms with van der Waals surface area (Å²) in [5, 5.41) is 2.96. The van der Waals surface area contributed by atoms with Crippen LogP contribution in [0.15, 0.2) is 24.3 Å². The number of hydrogen-bond acceptors (Lipinski definition) is 1. The Kier molecular flexibility index (Phi) is 4.11. The predicted molar refractivity (Wildman–Crippen MR) is 67.3 cm³/mol. The molecule has 0 bridgehead atoms. The maximum Gasteiger partial charge on any atom is 0.225 e. The molecule has 0 aromatic heterocycles. The normalized spacial score (nSPS) is 11.2. The van der Waals surface area contributed by atoms with Gasteiger partial charge in [0.05, 0.1) is 0 Å². The smallest absolute Gasteiger partial charge is 0.225 e. The van der Waals surface area contributed by atoms with Crippen molar-refractivity contribution in [2.45, 2.75) is 34.1 Å². The molecule has 0 aliphatic heterocycles. The minimum atomic E-state index is -0.300. The molecule has 1 aromatic rings. The first-order valence-electron chi connectivity index (χ1n) is 5.74. The highest BCUT2D eigenvalue weighted by Gasteiger charge is 2.20. The summed E-state index contributed by atoms with van der Waals surface area (Å²) in [7, 11) is 0. The Balaban J connectivity index is 2.43. The highest BCUT2D eigenvalue weighted by atomic mass is 16.2. The molecule has 1 N–H and O–H groups in total. The van der Waals surface area contributed by atoms with Gasteiger partial charge in [0.1, 0.15) is 0 Å². The van der Waals surface area contributed by atoms with Crippen molar-refractivity contribution in [1.29, 1.82) is 0 Å². The van der Waals surface area contributed by atoms with Gasteiger partial charge in [-0.1, -0.05) is 45.0 Å². The molecule has 1 rings (SSSR count). The van der Waals surface area contributed by atoms with Crippen LogP contribution in [0.5, 0.6) is 0 Å². The van der Waals surface area contributed by atoms with E-state index in [9.17, 15) is 4.79 Å². The lowest BCUT2D eigenvalue weighted by atomic mass is 9.95. The van der Waals surface area contributed by atoms with Crippen molar-refractivity contribution >= 4 is 5.91 Å². The molecule has 0 aliphatic carbocycles. The zero-order chi connectivity index (χ0) is 12.2. The van der Waals surface area contributed by atoms with E-state index in [0.717, 1.165) is 6.42 Å². The maximum absolute atomic E-state index is 11.6. The molecular formula is C14H21NO. The third kappa shape index (κ3) is 3.69. The van der Waals surface area contributed by atoms with Crippen LogP contribution in [0.2, 0.25) is 0 Å². The first kappa shape index (κ1) is 12.8. The number of benzene rings is 1. The topological polar surface area (TPSA) is 29.1 Å². The van der Waals surface area contributed by atoms with Crippen molar-refractivity contribution in [3.05, 3.63) is 35.4 Å². The van der Waals surface area contributed by atoms with Crippen LogP contribution in [0.4, 0.5) is 0 Å². The molecule has 0 heterocycles. The Morgan fingerprint density at radius 3 is 2.44 bits per heavy atom. The summed E-state index contributed by atoms with van der Waals surface area (Å²) in [6, 6.07) is 8.28. The molecule has 0 spiro atoms. The fourth-order valence-electron chi connectivity index (χ4n) is 1.47. The fraction of sp³-hybridized carbons (Fsp3) is 0.500. The fourth-order valence-corrected chi connectivity index (χ4v) is 1.47. The molecule has 2 nitrogen and oxygen atoms in total. The summed E-state index contributed by atoms with van der Waals surface area (Å²) in [5.41, 5.74) is 2.29. The van der Waals surface area contributed by atoms with Gasteiger partial charge in [-0.05, 0) is 24.5 Å². The van der Waals surface area contributed by atoms with Gasteiger partial charge in [-0.15, -0.1) is 0 Å². The number of carbonyl (C=O) groups is 1. The monoisotopic (exact) mass is 219 g/mol. The molecule has 0 saturated heterocycles. The number of amides is 1. The van der Waals surface area contributed by atoms with Crippen molar-refractivity contribution in [3.8, 4) is 0 Å². The van der Waals surface area contributed by atoms with Crippen molar-refractivity contribution in [1.82, 2.24) is 5.32 Å². The van der Waals surface area contributed by atoms with Gasteiger partial charge in [-0.25, -0.2) is 0 Å². The van der Waals surface area contributed by atoms with Gasteiger partial charge in [-0.2, -0.15) is 0 Å². The van der Waals surface area contributed by atoms with Crippen LogP contribution in [-0.2, 0) is 11.2 Å². The van der Waals surface area contributed by atoms with Crippen molar-refractivity contribution in [3.63, 3.8) is 0 Å². The highest BCUT2D eigenvalue weighted by molar-refractivity contribution is 5.81. The molecular weight excluding hydrogens is 198 g/mol. The number of carbonyl (C=O) groups excluding carboxylic acids is 1. The standard InChI is InChI=1S/C14H21NO/c1-11-7-5-6-8-12(11)9-10-15-13(16)14(2,3)4/h5-8H,9-10H2,1-4H3,(H,15,16). The average Bonchev–Trinajstić information content (AvgIpc) is 2.19. The van der Waals surface area contributed by atoms with Crippen molar-refractivity contribution < 1.29 is 4.79 Å². The zero-order valence-electron chi connectivity index (χ0n) is 10.6. The Labute approximate surface area is 98.1 Å². The van der Waals surface area contributed by atoms with Crippen LogP contribution >= 0.6 is 0 Å². The van der Waals surface area contributed by atoms with Crippen LogP contribution in [-0.4, -0.2) is 12.5 Å². The minimum Gasteiger partial charge on any atom is -0.355 e. The molecule has 0 saturated carbocycles. The van der Waals surface area contributed by atoms with Crippen LogP contribution in [0.1, 0.15) is 31.9 Å². The molecule has 0 radical (unpaired) electrons. The Hall–Kier alpha value is -1.31. The Bertz CT molecular complexity index is 363. The summed E-state index contributed by atoms with van der Waals surface area (Å²) in [5.74, 6) is 0.112. The average molecular weight is 219 g/mol. The molecule has 0 fully saturated rings. The SMILES string of the molecule is Cc1ccccc1CCNC(=O)C(C)(C)C. The van der Waals surface area contributed by atoms with E-state index < -0.39 is 0 Å². The summed E-state index contributed by atoms with van der Waals surface area (Å²) >= 11 is 0. The summed E-state index contributed by atoms with van der Waals surface area (Å²) in [6.07, 6.45) is 0.897. The van der Waals surface area contributed by atoms with E-state index in [-0.39, 0.29) is 11.3 Å². The predicted octanol–water partition coefficient (Wildman–Crippen LogP) is 2.70. The van der Waals surface area contributed by atoms with Crippen molar-refractivity contribution in [2.75, 3.05) is 6.54 Å². The number of rotatable bonds is 3. The second kappa shape index (κ2) is 5.15. The van der Waals surface area contributed by atoms with E-state index in [1.165, 1.54) is 11.1 Å². The zero-order valence-corrected chi connectivity index (χ0v) is 10.6. The summed E-state index contributed by atoms with van der Waals surface area (Å²) in [4.78, 5) is 11.6. The van der Waals surface area contributed by atoms with Gasteiger partial charge < -0.3 is 5.32 Å². The lowest BCUT2D eigenvalue weighted by Gasteiger charge is -2.17. The van der Waals surface area contributed by atoms with E-state index in [4.69, 9.17) is 0 Å². The van der Waals surface area contributed by atoms with Crippen LogP contribution in [0.25, 0.3) is 0 Å². The van der Waals surface area contributed by atoms with Gasteiger partial charge in [-0.3, -0.25) is 4.79 Å². The van der Waals surface area contributed by atoms with Gasteiger partial charge in [0, 0.05) is 12.0 Å². The summed E-state index contributed by atoms with van der Waals surface area (Å²) in [6.45, 7) is 8.59. The molecule has 88 valence electrons. The van der Waals surface area contributed by atoms with E-state index in [1.54, 1.807) is 0 Å². The van der Waals surface area contributed by atoms with Gasteiger partial charge >= 0.3 is 0 Å². The van der Waals surface area contributed by atoms with E-state index in [0.29, 0.717) is 6.54 Å². The number of hydrogen-bond donors (Lipinski definition) is 1. The number of aryl methyl sites for hydroxylation is 1. The maximum atomic E-state index is 11.6. The minimum absolute atomic E-state index is 0.112. The van der Waals surface area contributed by atoms with Crippen molar-refractivity contribution in [2.24, 2.45) is 5.41 Å². The first-order valence-corrected chi connectivity index (χ1v) is 5.74. The van der Waals surface area contributed by atoms with Crippen LogP contribution in [0.3, 0.4) is 0 Å². The molecule has 2 heteroatoms. The Morgan fingerprint density at radius 1 is 1.25 bits per heavy atom. The lowest BCUT2D eigenvalue weighted by Crippen LogP contribution is -2.35. The largest absolute Gasteiger partial charge is 0.355 e. The van der Waals surface area contributed by atoms with E-state index in [1.807, 2.05) is 32.9 Å². The van der Waals surface area contributed by atoms with Gasteiger partial charge in [0.25, 0.3) is 0 Å². The quantitative estimate of drug-likeness (QED) is 0.832. The van der Waals surface area contributed by atoms with Crippen LogP contribution in [0, 0.1) is 12.3 Å². The Morgan fingerprint density at radius 2 is 1.88 bits per heavy atom. The molecule has 0 unspecified atom stereocenters. The molecule has 1 aromatic carbocycles. The number of nitrogens with one attached hydrogen (secondary N) is 1. The molecule has 16 heavy (non-hydrogen) atoms. The first-order chi connectivity index (χ1) is 7.41. The molecule has 0 aliphatic rings. The van der Waals surface area contributed by atoms with Gasteiger partial charge in [0.15, 0.2) is 0 Å². The molecule has 0 atom stereocenters. The third-order valence-corrected chi connectivity index (χ3v) is 2.62.